The highest BCUT2D eigenvalue weighted by molar-refractivity contribution is 7.16. The summed E-state index contributed by atoms with van der Waals surface area (Å²) < 4.78 is 10.7. The molecule has 1 aromatic carbocycles. The second-order valence-corrected chi connectivity index (χ2v) is 7.00. The van der Waals surface area contributed by atoms with Gasteiger partial charge in [0.05, 0.1) is 12.7 Å². The van der Waals surface area contributed by atoms with E-state index in [9.17, 15) is 14.9 Å². The molecule has 1 amide bonds. The predicted molar refractivity (Wildman–Crippen MR) is 98.2 cm³/mol. The van der Waals surface area contributed by atoms with E-state index in [1.54, 1.807) is 18.2 Å². The third-order valence-electron chi connectivity index (χ3n) is 4.22. The molecule has 0 saturated carbocycles. The fraction of sp³-hybridized carbons (Fsp3) is 0.316. The molecule has 6 nitrogen and oxygen atoms in total. The van der Waals surface area contributed by atoms with Crippen molar-refractivity contribution in [3.63, 3.8) is 0 Å². The molecule has 7 heteroatoms. The summed E-state index contributed by atoms with van der Waals surface area (Å²) in [4.78, 5) is 24.3. The third kappa shape index (κ3) is 3.70. The number of carbonyl (C=O) groups excluding carboxylic acids is 2. The van der Waals surface area contributed by atoms with Gasteiger partial charge in [0.25, 0.3) is 5.91 Å². The van der Waals surface area contributed by atoms with Crippen molar-refractivity contribution < 1.29 is 19.1 Å². The zero-order valence-electron chi connectivity index (χ0n) is 14.3. The number of rotatable bonds is 6. The monoisotopic (exact) mass is 370 g/mol. The second kappa shape index (κ2) is 8.02. The molecule has 0 saturated heterocycles. The number of carbonyl (C=O) groups is 2. The van der Waals surface area contributed by atoms with Gasteiger partial charge < -0.3 is 14.8 Å². The van der Waals surface area contributed by atoms with Gasteiger partial charge in [0.1, 0.15) is 17.4 Å². The first-order valence-electron chi connectivity index (χ1n) is 8.26. The number of hydrogen-bond donors (Lipinski definition) is 1. The van der Waals surface area contributed by atoms with Gasteiger partial charge in [0.2, 0.25) is 0 Å². The lowest BCUT2D eigenvalue weighted by Crippen LogP contribution is -2.20. The minimum absolute atomic E-state index is 0.218. The number of nitrogens with zero attached hydrogens (tertiary/aromatic N) is 1. The molecule has 3 rings (SSSR count). The van der Waals surface area contributed by atoms with Gasteiger partial charge in [-0.2, -0.15) is 5.26 Å². The maximum atomic E-state index is 12.3. The Morgan fingerprint density at radius 3 is 2.88 bits per heavy atom. The number of amides is 1. The van der Waals surface area contributed by atoms with Crippen molar-refractivity contribution in [2.24, 2.45) is 0 Å². The summed E-state index contributed by atoms with van der Waals surface area (Å²) in [7, 11) is 1.46. The Labute approximate surface area is 155 Å². The summed E-state index contributed by atoms with van der Waals surface area (Å²) in [6, 6.07) is 6.93. The first kappa shape index (κ1) is 18.0. The summed E-state index contributed by atoms with van der Waals surface area (Å²) in [6.07, 6.45) is 4.75. The predicted octanol–water partition coefficient (Wildman–Crippen LogP) is 3.34. The number of fused-ring (bicyclic) bond motifs is 1. The number of aldehydes is 1. The van der Waals surface area contributed by atoms with E-state index in [0.717, 1.165) is 31.2 Å². The van der Waals surface area contributed by atoms with Crippen molar-refractivity contribution in [3.05, 3.63) is 39.8 Å². The number of nitriles is 1. The maximum Gasteiger partial charge on any atom is 0.262 e. The first-order valence-corrected chi connectivity index (χ1v) is 9.08. The van der Waals surface area contributed by atoms with Crippen LogP contribution in [0.4, 0.5) is 5.00 Å². The van der Waals surface area contributed by atoms with E-state index in [1.165, 1.54) is 23.3 Å². The van der Waals surface area contributed by atoms with Gasteiger partial charge in [-0.25, -0.2) is 0 Å². The fourth-order valence-corrected chi connectivity index (χ4v) is 4.21. The molecule has 0 fully saturated rings. The quantitative estimate of drug-likeness (QED) is 0.788. The van der Waals surface area contributed by atoms with Crippen molar-refractivity contribution in [3.8, 4) is 17.6 Å². The van der Waals surface area contributed by atoms with Gasteiger partial charge in [-0.15, -0.1) is 11.3 Å². The molecule has 0 radical (unpaired) electrons. The second-order valence-electron chi connectivity index (χ2n) is 5.89. The topological polar surface area (TPSA) is 88.4 Å². The molecule has 0 aliphatic heterocycles. The van der Waals surface area contributed by atoms with Crippen LogP contribution in [0.1, 0.15) is 39.2 Å². The summed E-state index contributed by atoms with van der Waals surface area (Å²) in [5.74, 6) is 0.410. The molecule has 0 bridgehead atoms. The van der Waals surface area contributed by atoms with Crippen molar-refractivity contribution >= 4 is 28.5 Å². The number of thiophene rings is 1. The van der Waals surface area contributed by atoms with E-state index >= 15 is 0 Å². The van der Waals surface area contributed by atoms with Crippen molar-refractivity contribution in [2.45, 2.75) is 25.7 Å². The lowest BCUT2D eigenvalue weighted by atomic mass is 9.96. The van der Waals surface area contributed by atoms with Crippen LogP contribution in [0.2, 0.25) is 0 Å². The molecular weight excluding hydrogens is 352 g/mol. The summed E-state index contributed by atoms with van der Waals surface area (Å²) in [5.41, 5.74) is 2.11. The van der Waals surface area contributed by atoms with Crippen molar-refractivity contribution in [1.82, 2.24) is 0 Å². The molecule has 1 aliphatic rings. The van der Waals surface area contributed by atoms with Crippen LogP contribution >= 0.6 is 11.3 Å². The Balaban J connectivity index is 1.68. The Morgan fingerprint density at radius 2 is 2.15 bits per heavy atom. The van der Waals surface area contributed by atoms with Crippen LogP contribution in [0.15, 0.2) is 18.2 Å². The standard InChI is InChI=1S/C19H18N2O4S/c1-24-16-8-12(10-22)6-7-15(16)25-11-18(23)21-19-14(9-20)13-4-2-3-5-17(13)26-19/h6-8,10H,2-5,11H2,1H3,(H,21,23). The average Bonchev–Trinajstić information content (AvgIpc) is 3.02. The van der Waals surface area contributed by atoms with E-state index < -0.39 is 0 Å². The van der Waals surface area contributed by atoms with Crippen molar-refractivity contribution in [2.75, 3.05) is 19.0 Å². The van der Waals surface area contributed by atoms with E-state index in [0.29, 0.717) is 33.9 Å². The van der Waals surface area contributed by atoms with Crippen LogP contribution in [0.3, 0.4) is 0 Å². The minimum Gasteiger partial charge on any atom is -0.493 e. The van der Waals surface area contributed by atoms with E-state index in [1.807, 2.05) is 0 Å². The van der Waals surface area contributed by atoms with Gasteiger partial charge in [-0.05, 0) is 49.4 Å². The molecule has 0 spiro atoms. The molecule has 1 heterocycles. The third-order valence-corrected chi connectivity index (χ3v) is 5.43. The number of methoxy groups -OCH3 is 1. The smallest absolute Gasteiger partial charge is 0.262 e. The lowest BCUT2D eigenvalue weighted by molar-refractivity contribution is -0.118. The highest BCUT2D eigenvalue weighted by atomic mass is 32.1. The van der Waals surface area contributed by atoms with Crippen LogP contribution in [0, 0.1) is 11.3 Å². The van der Waals surface area contributed by atoms with Crippen LogP contribution in [-0.2, 0) is 17.6 Å². The number of benzene rings is 1. The summed E-state index contributed by atoms with van der Waals surface area (Å²) >= 11 is 1.48. The highest BCUT2D eigenvalue weighted by Gasteiger charge is 2.22. The Morgan fingerprint density at radius 1 is 1.35 bits per heavy atom. The van der Waals surface area contributed by atoms with Crippen LogP contribution in [-0.4, -0.2) is 25.9 Å². The number of aryl methyl sites for hydroxylation is 1. The van der Waals surface area contributed by atoms with Gasteiger partial charge >= 0.3 is 0 Å². The number of nitrogens with one attached hydrogen (secondary N) is 1. The van der Waals surface area contributed by atoms with Crippen LogP contribution in [0.25, 0.3) is 0 Å². The Kier molecular flexibility index (Phi) is 5.54. The van der Waals surface area contributed by atoms with E-state index in [4.69, 9.17) is 9.47 Å². The normalized spacial score (nSPS) is 12.6. The SMILES string of the molecule is COc1cc(C=O)ccc1OCC(=O)Nc1sc2c(c1C#N)CCCC2. The van der Waals surface area contributed by atoms with Gasteiger partial charge in [-0.3, -0.25) is 9.59 Å². The largest absolute Gasteiger partial charge is 0.493 e. The molecule has 1 N–H and O–H groups in total. The average molecular weight is 370 g/mol. The van der Waals surface area contributed by atoms with Gasteiger partial charge in [0, 0.05) is 10.4 Å². The number of hydrogen-bond acceptors (Lipinski definition) is 6. The molecule has 0 atom stereocenters. The minimum atomic E-state index is -0.346. The van der Waals surface area contributed by atoms with E-state index in [2.05, 4.69) is 11.4 Å². The zero-order chi connectivity index (χ0) is 18.5. The van der Waals surface area contributed by atoms with Crippen LogP contribution in [0.5, 0.6) is 11.5 Å². The molecule has 26 heavy (non-hydrogen) atoms. The lowest BCUT2D eigenvalue weighted by Gasteiger charge is -2.11. The molecular formula is C19H18N2O4S. The number of anilines is 1. The zero-order valence-corrected chi connectivity index (χ0v) is 15.1. The number of ether oxygens (including phenoxy) is 2. The fourth-order valence-electron chi connectivity index (χ4n) is 2.95. The van der Waals surface area contributed by atoms with E-state index in [-0.39, 0.29) is 12.5 Å². The molecule has 1 aromatic heterocycles. The molecule has 1 aliphatic carbocycles. The molecule has 134 valence electrons. The Hall–Kier alpha value is -2.85. The summed E-state index contributed by atoms with van der Waals surface area (Å²) in [5, 5.41) is 12.8. The summed E-state index contributed by atoms with van der Waals surface area (Å²) in [6.45, 7) is -0.218. The Bertz CT molecular complexity index is 882. The van der Waals surface area contributed by atoms with Gasteiger partial charge in [0.15, 0.2) is 18.1 Å². The van der Waals surface area contributed by atoms with Crippen molar-refractivity contribution in [1.29, 1.82) is 5.26 Å². The first-order chi connectivity index (χ1) is 12.7. The van der Waals surface area contributed by atoms with Gasteiger partial charge in [-0.1, -0.05) is 0 Å². The highest BCUT2D eigenvalue weighted by Crippen LogP contribution is 2.37. The van der Waals surface area contributed by atoms with Crippen LogP contribution < -0.4 is 14.8 Å². The molecule has 0 unspecified atom stereocenters. The maximum absolute atomic E-state index is 12.3. The molecule has 2 aromatic rings.